The van der Waals surface area contributed by atoms with E-state index in [-0.39, 0.29) is 5.60 Å². The highest BCUT2D eigenvalue weighted by atomic mass is 16.5. The number of piperidine rings is 1. The molecule has 3 rings (SSSR count). The molecular formula is C17H33N3O3. The van der Waals surface area contributed by atoms with E-state index in [1.807, 2.05) is 0 Å². The van der Waals surface area contributed by atoms with Crippen molar-refractivity contribution in [1.82, 2.24) is 15.1 Å². The Morgan fingerprint density at radius 1 is 1.17 bits per heavy atom. The minimum absolute atomic E-state index is 0.131. The zero-order valence-electron chi connectivity index (χ0n) is 14.6. The van der Waals surface area contributed by atoms with Gasteiger partial charge in [0, 0.05) is 46.4 Å². The maximum Gasteiger partial charge on any atom is 0.116 e. The molecule has 1 N–H and O–H groups in total. The third-order valence-electron chi connectivity index (χ3n) is 5.40. The predicted molar refractivity (Wildman–Crippen MR) is 89.9 cm³/mol. The molecule has 3 saturated heterocycles. The van der Waals surface area contributed by atoms with Gasteiger partial charge < -0.3 is 24.4 Å². The highest BCUT2D eigenvalue weighted by Gasteiger charge is 2.38. The Morgan fingerprint density at radius 3 is 2.87 bits per heavy atom. The number of likely N-dealkylation sites (tertiary alicyclic amines) is 1. The van der Waals surface area contributed by atoms with Crippen molar-refractivity contribution in [3.8, 4) is 0 Å². The van der Waals surface area contributed by atoms with Gasteiger partial charge in [-0.05, 0) is 31.8 Å². The van der Waals surface area contributed by atoms with Crippen LogP contribution in [0, 0.1) is 5.92 Å². The number of hydrogen-bond acceptors (Lipinski definition) is 6. The first kappa shape index (κ1) is 17.6. The van der Waals surface area contributed by atoms with Crippen LogP contribution in [0.5, 0.6) is 0 Å². The highest BCUT2D eigenvalue weighted by Crippen LogP contribution is 2.23. The van der Waals surface area contributed by atoms with Gasteiger partial charge in [0.2, 0.25) is 0 Å². The molecule has 1 atom stereocenters. The summed E-state index contributed by atoms with van der Waals surface area (Å²) in [5, 5.41) is 3.46. The van der Waals surface area contributed by atoms with Crippen LogP contribution in [0.2, 0.25) is 0 Å². The second-order valence-electron chi connectivity index (χ2n) is 7.27. The Bertz CT molecular complexity index is 340. The number of morpholine rings is 1. The minimum atomic E-state index is -0.131. The van der Waals surface area contributed by atoms with E-state index in [4.69, 9.17) is 14.2 Å². The second kappa shape index (κ2) is 8.74. The molecule has 1 unspecified atom stereocenters. The minimum Gasteiger partial charge on any atom is -0.383 e. The summed E-state index contributed by atoms with van der Waals surface area (Å²) in [6, 6.07) is 0. The van der Waals surface area contributed by atoms with Crippen molar-refractivity contribution >= 4 is 0 Å². The molecule has 3 fully saturated rings. The van der Waals surface area contributed by atoms with Gasteiger partial charge in [0.15, 0.2) is 0 Å². The van der Waals surface area contributed by atoms with Crippen molar-refractivity contribution in [2.24, 2.45) is 5.92 Å². The molecule has 0 aromatic heterocycles. The predicted octanol–water partition coefficient (Wildman–Crippen LogP) is 0.0356. The van der Waals surface area contributed by atoms with E-state index in [0.29, 0.717) is 0 Å². The van der Waals surface area contributed by atoms with Gasteiger partial charge in [-0.3, -0.25) is 4.90 Å². The van der Waals surface area contributed by atoms with Crippen LogP contribution in [-0.4, -0.2) is 101 Å². The van der Waals surface area contributed by atoms with Gasteiger partial charge in [-0.1, -0.05) is 0 Å². The molecule has 0 amide bonds. The lowest BCUT2D eigenvalue weighted by molar-refractivity contribution is -0.136. The summed E-state index contributed by atoms with van der Waals surface area (Å²) in [5.41, 5.74) is -0.131. The van der Waals surface area contributed by atoms with Crippen LogP contribution in [0.15, 0.2) is 0 Å². The van der Waals surface area contributed by atoms with Gasteiger partial charge >= 0.3 is 0 Å². The zero-order valence-corrected chi connectivity index (χ0v) is 14.6. The molecule has 0 bridgehead atoms. The van der Waals surface area contributed by atoms with Crippen LogP contribution in [0.3, 0.4) is 0 Å². The largest absolute Gasteiger partial charge is 0.383 e. The topological polar surface area (TPSA) is 46.2 Å². The van der Waals surface area contributed by atoms with Gasteiger partial charge in [-0.15, -0.1) is 0 Å². The fraction of sp³-hybridized carbons (Fsp3) is 1.00. The first-order valence-electron chi connectivity index (χ1n) is 9.16. The third kappa shape index (κ3) is 5.11. The van der Waals surface area contributed by atoms with E-state index in [0.717, 1.165) is 65.1 Å². The fourth-order valence-corrected chi connectivity index (χ4v) is 4.02. The SMILES string of the molecule is COCCN1CCC(CN2CCOC3(CNCCOC3)C2)CC1. The molecule has 6 heteroatoms. The summed E-state index contributed by atoms with van der Waals surface area (Å²) in [4.78, 5) is 5.14. The van der Waals surface area contributed by atoms with Gasteiger partial charge in [-0.25, -0.2) is 0 Å². The van der Waals surface area contributed by atoms with Gasteiger partial charge in [-0.2, -0.15) is 0 Å². The van der Waals surface area contributed by atoms with Crippen LogP contribution >= 0.6 is 0 Å². The summed E-state index contributed by atoms with van der Waals surface area (Å²) in [5.74, 6) is 0.823. The van der Waals surface area contributed by atoms with Gasteiger partial charge in [0.1, 0.15) is 5.60 Å². The fourth-order valence-electron chi connectivity index (χ4n) is 4.02. The van der Waals surface area contributed by atoms with Gasteiger partial charge in [0.25, 0.3) is 0 Å². The number of nitrogens with one attached hydrogen (secondary N) is 1. The summed E-state index contributed by atoms with van der Waals surface area (Å²) < 4.78 is 17.0. The Labute approximate surface area is 140 Å². The van der Waals surface area contributed by atoms with E-state index in [1.54, 1.807) is 7.11 Å². The molecule has 0 aromatic rings. The summed E-state index contributed by atoms with van der Waals surface area (Å²) in [7, 11) is 1.78. The Morgan fingerprint density at radius 2 is 2.04 bits per heavy atom. The maximum absolute atomic E-state index is 6.12. The average Bonchev–Trinajstić information content (AvgIpc) is 2.80. The maximum atomic E-state index is 6.12. The molecule has 1 spiro atoms. The summed E-state index contributed by atoms with van der Waals surface area (Å²) in [6.07, 6.45) is 2.62. The summed E-state index contributed by atoms with van der Waals surface area (Å²) in [6.45, 7) is 11.8. The Kier molecular flexibility index (Phi) is 6.68. The highest BCUT2D eigenvalue weighted by molar-refractivity contribution is 4.92. The van der Waals surface area contributed by atoms with E-state index >= 15 is 0 Å². The van der Waals surface area contributed by atoms with Crippen molar-refractivity contribution in [3.63, 3.8) is 0 Å². The number of hydrogen-bond donors (Lipinski definition) is 1. The van der Waals surface area contributed by atoms with Crippen molar-refractivity contribution < 1.29 is 14.2 Å². The lowest BCUT2D eigenvalue weighted by Crippen LogP contribution is -2.59. The van der Waals surface area contributed by atoms with Crippen LogP contribution in [0.4, 0.5) is 0 Å². The molecule has 3 aliphatic rings. The Balaban J connectivity index is 1.43. The average molecular weight is 327 g/mol. The lowest BCUT2D eigenvalue weighted by Gasteiger charge is -2.43. The first-order chi connectivity index (χ1) is 11.3. The second-order valence-corrected chi connectivity index (χ2v) is 7.27. The molecule has 0 aromatic carbocycles. The van der Waals surface area contributed by atoms with Gasteiger partial charge in [0.05, 0.1) is 26.4 Å². The smallest absolute Gasteiger partial charge is 0.116 e. The molecule has 134 valence electrons. The molecule has 0 aliphatic carbocycles. The zero-order chi connectivity index (χ0) is 16.0. The molecule has 0 saturated carbocycles. The van der Waals surface area contributed by atoms with Crippen LogP contribution in [0.25, 0.3) is 0 Å². The molecule has 23 heavy (non-hydrogen) atoms. The Hall–Kier alpha value is -0.240. The molecule has 3 heterocycles. The first-order valence-corrected chi connectivity index (χ1v) is 9.16. The lowest BCUT2D eigenvalue weighted by atomic mass is 9.94. The monoisotopic (exact) mass is 327 g/mol. The van der Waals surface area contributed by atoms with Crippen molar-refractivity contribution in [2.75, 3.05) is 85.9 Å². The number of nitrogens with zero attached hydrogens (tertiary/aromatic N) is 2. The summed E-state index contributed by atoms with van der Waals surface area (Å²) >= 11 is 0. The van der Waals surface area contributed by atoms with Crippen LogP contribution in [-0.2, 0) is 14.2 Å². The van der Waals surface area contributed by atoms with Crippen LogP contribution < -0.4 is 5.32 Å². The van der Waals surface area contributed by atoms with E-state index in [1.165, 1.54) is 32.5 Å². The molecule has 6 nitrogen and oxygen atoms in total. The van der Waals surface area contributed by atoms with Crippen molar-refractivity contribution in [2.45, 2.75) is 18.4 Å². The standard InChI is InChI=1S/C17H33N3O3/c1-21-10-7-19-5-2-16(3-6-19)12-20-8-11-23-17(14-20)13-18-4-9-22-15-17/h16,18H,2-15H2,1H3. The molecule has 0 radical (unpaired) electrons. The normalized spacial score (nSPS) is 32.2. The number of rotatable bonds is 5. The van der Waals surface area contributed by atoms with E-state index in [9.17, 15) is 0 Å². The third-order valence-corrected chi connectivity index (χ3v) is 5.40. The van der Waals surface area contributed by atoms with E-state index in [2.05, 4.69) is 15.1 Å². The quantitative estimate of drug-likeness (QED) is 0.769. The number of methoxy groups -OCH3 is 1. The van der Waals surface area contributed by atoms with E-state index < -0.39 is 0 Å². The van der Waals surface area contributed by atoms with Crippen molar-refractivity contribution in [1.29, 1.82) is 0 Å². The van der Waals surface area contributed by atoms with Crippen LogP contribution in [0.1, 0.15) is 12.8 Å². The molecular weight excluding hydrogens is 294 g/mol. The number of ether oxygens (including phenoxy) is 3. The molecule has 3 aliphatic heterocycles. The van der Waals surface area contributed by atoms with Crippen molar-refractivity contribution in [3.05, 3.63) is 0 Å².